The standard InChI is InChI=1S/C26H36N2O6/c29-15-23-25-21(13-19(33-23)14-24(30)27-17-4-2-1-3-5-17)20-12-18(6-7-22(20)34-25)28-26(31)16-8-10-32-11-9-16/h6-7,12,16-17,19,21,23,25,29H,1-5,8-11,13-15H2,(H,27,30)(H,28,31)/t19-,21+,23+,25-/m0/s1. The molecule has 2 saturated heterocycles. The Morgan fingerprint density at radius 2 is 1.85 bits per heavy atom. The highest BCUT2D eigenvalue weighted by molar-refractivity contribution is 5.92. The minimum atomic E-state index is -0.487. The summed E-state index contributed by atoms with van der Waals surface area (Å²) < 4.78 is 17.6. The van der Waals surface area contributed by atoms with Crippen molar-refractivity contribution >= 4 is 17.5 Å². The van der Waals surface area contributed by atoms with Crippen LogP contribution in [0.4, 0.5) is 5.69 Å². The van der Waals surface area contributed by atoms with Crippen molar-refractivity contribution in [2.75, 3.05) is 25.1 Å². The van der Waals surface area contributed by atoms with Gasteiger partial charge in [0.05, 0.1) is 19.1 Å². The molecular weight excluding hydrogens is 436 g/mol. The van der Waals surface area contributed by atoms with Gasteiger partial charge in [0, 0.05) is 42.3 Å². The molecule has 0 bridgehead atoms. The molecule has 8 heteroatoms. The van der Waals surface area contributed by atoms with Crippen molar-refractivity contribution in [3.63, 3.8) is 0 Å². The van der Waals surface area contributed by atoms with Gasteiger partial charge in [-0.15, -0.1) is 0 Å². The van der Waals surface area contributed by atoms with Gasteiger partial charge in [0.25, 0.3) is 0 Å². The highest BCUT2D eigenvalue weighted by Gasteiger charge is 2.46. The minimum absolute atomic E-state index is 0.00770. The summed E-state index contributed by atoms with van der Waals surface area (Å²) in [5.41, 5.74) is 1.76. The van der Waals surface area contributed by atoms with Crippen molar-refractivity contribution in [1.29, 1.82) is 0 Å². The third-order valence-corrected chi connectivity index (χ3v) is 7.74. The molecule has 1 aromatic carbocycles. The van der Waals surface area contributed by atoms with E-state index in [0.717, 1.165) is 42.7 Å². The summed E-state index contributed by atoms with van der Waals surface area (Å²) in [5, 5.41) is 16.2. The summed E-state index contributed by atoms with van der Waals surface area (Å²) in [6.07, 6.45) is 7.03. The van der Waals surface area contributed by atoms with Gasteiger partial charge >= 0.3 is 0 Å². The SMILES string of the molecule is O=C(C[C@@H]1C[C@@H]2c3cc(NC(=O)C4CCOCC4)ccc3O[C@@H]2[C@@H](CO)O1)NC1CCCCC1. The van der Waals surface area contributed by atoms with Crippen LogP contribution in [0.3, 0.4) is 0 Å². The number of amides is 2. The second kappa shape index (κ2) is 10.6. The van der Waals surface area contributed by atoms with Gasteiger partial charge in [-0.05, 0) is 50.3 Å². The predicted octanol–water partition coefficient (Wildman–Crippen LogP) is 2.89. The van der Waals surface area contributed by atoms with Crippen molar-refractivity contribution < 1.29 is 28.9 Å². The lowest BCUT2D eigenvalue weighted by molar-refractivity contribution is -0.142. The summed E-state index contributed by atoms with van der Waals surface area (Å²) in [6.45, 7) is 1.08. The highest BCUT2D eigenvalue weighted by Crippen LogP contribution is 2.47. The Labute approximate surface area is 200 Å². The zero-order valence-electron chi connectivity index (χ0n) is 19.7. The van der Waals surface area contributed by atoms with Crippen LogP contribution in [0.1, 0.15) is 69.3 Å². The second-order valence-corrected chi connectivity index (χ2v) is 10.1. The number of carbonyl (C=O) groups excluding carboxylic acids is 2. The molecule has 4 aliphatic rings. The molecule has 34 heavy (non-hydrogen) atoms. The van der Waals surface area contributed by atoms with Gasteiger partial charge in [-0.3, -0.25) is 9.59 Å². The maximum atomic E-state index is 12.7. The molecule has 1 aliphatic carbocycles. The van der Waals surface area contributed by atoms with E-state index >= 15 is 0 Å². The lowest BCUT2D eigenvalue weighted by atomic mass is 9.84. The molecule has 1 aromatic rings. The van der Waals surface area contributed by atoms with Crippen molar-refractivity contribution in [2.24, 2.45) is 5.92 Å². The second-order valence-electron chi connectivity index (χ2n) is 10.1. The first-order valence-electron chi connectivity index (χ1n) is 12.9. The summed E-state index contributed by atoms with van der Waals surface area (Å²) in [4.78, 5) is 25.4. The van der Waals surface area contributed by atoms with Crippen LogP contribution in [0.5, 0.6) is 5.75 Å². The van der Waals surface area contributed by atoms with Crippen molar-refractivity contribution in [2.45, 2.75) is 88.1 Å². The Morgan fingerprint density at radius 3 is 2.62 bits per heavy atom. The summed E-state index contributed by atoms with van der Waals surface area (Å²) in [7, 11) is 0. The average Bonchev–Trinajstić information content (AvgIpc) is 3.22. The molecule has 186 valence electrons. The van der Waals surface area contributed by atoms with E-state index in [1.807, 2.05) is 18.2 Å². The third-order valence-electron chi connectivity index (χ3n) is 7.74. The van der Waals surface area contributed by atoms with Crippen LogP contribution < -0.4 is 15.4 Å². The quantitative estimate of drug-likeness (QED) is 0.588. The number of carbonyl (C=O) groups is 2. The van der Waals surface area contributed by atoms with E-state index in [4.69, 9.17) is 14.2 Å². The third kappa shape index (κ3) is 5.24. The molecule has 3 N–H and O–H groups in total. The van der Waals surface area contributed by atoms with Crippen LogP contribution in [-0.4, -0.2) is 61.1 Å². The lowest BCUT2D eigenvalue weighted by Gasteiger charge is -2.37. The molecule has 0 aromatic heterocycles. The Kier molecular flexibility index (Phi) is 7.37. The number of hydrogen-bond acceptors (Lipinski definition) is 6. The van der Waals surface area contributed by atoms with Crippen LogP contribution in [0.15, 0.2) is 18.2 Å². The van der Waals surface area contributed by atoms with E-state index in [1.54, 1.807) is 0 Å². The maximum Gasteiger partial charge on any atom is 0.227 e. The number of nitrogens with one attached hydrogen (secondary N) is 2. The molecule has 0 radical (unpaired) electrons. The maximum absolute atomic E-state index is 12.7. The number of anilines is 1. The van der Waals surface area contributed by atoms with Crippen molar-refractivity contribution in [1.82, 2.24) is 5.32 Å². The molecule has 8 nitrogen and oxygen atoms in total. The zero-order chi connectivity index (χ0) is 23.5. The number of aliphatic hydroxyl groups is 1. The molecule has 4 atom stereocenters. The van der Waals surface area contributed by atoms with Gasteiger partial charge < -0.3 is 30.0 Å². The summed E-state index contributed by atoms with van der Waals surface area (Å²) >= 11 is 0. The number of fused-ring (bicyclic) bond motifs is 3. The smallest absolute Gasteiger partial charge is 0.227 e. The Morgan fingerprint density at radius 1 is 1.06 bits per heavy atom. The number of hydrogen-bond donors (Lipinski definition) is 3. The molecule has 3 fully saturated rings. The number of rotatable bonds is 6. The normalized spacial score (nSPS) is 29.6. The van der Waals surface area contributed by atoms with E-state index in [1.165, 1.54) is 19.3 Å². The first kappa shape index (κ1) is 23.6. The summed E-state index contributed by atoms with van der Waals surface area (Å²) in [5.74, 6) is 0.779. The first-order valence-corrected chi connectivity index (χ1v) is 12.9. The largest absolute Gasteiger partial charge is 0.487 e. The van der Waals surface area contributed by atoms with E-state index in [9.17, 15) is 14.7 Å². The molecule has 5 rings (SSSR count). The van der Waals surface area contributed by atoms with Crippen LogP contribution >= 0.6 is 0 Å². The van der Waals surface area contributed by atoms with E-state index in [2.05, 4.69) is 10.6 Å². The monoisotopic (exact) mass is 472 g/mol. The van der Waals surface area contributed by atoms with Gasteiger partial charge in [-0.1, -0.05) is 19.3 Å². The highest BCUT2D eigenvalue weighted by atomic mass is 16.6. The summed E-state index contributed by atoms with van der Waals surface area (Å²) in [6, 6.07) is 5.99. The van der Waals surface area contributed by atoms with Gasteiger partial charge in [0.2, 0.25) is 11.8 Å². The fourth-order valence-corrected chi connectivity index (χ4v) is 5.91. The Bertz CT molecular complexity index is 880. The van der Waals surface area contributed by atoms with Gasteiger partial charge in [0.1, 0.15) is 18.0 Å². The van der Waals surface area contributed by atoms with Crippen LogP contribution in [0.2, 0.25) is 0 Å². The van der Waals surface area contributed by atoms with E-state index in [-0.39, 0.29) is 54.9 Å². The minimum Gasteiger partial charge on any atom is -0.487 e. The molecular formula is C26H36N2O6. The van der Waals surface area contributed by atoms with Crippen LogP contribution in [0.25, 0.3) is 0 Å². The van der Waals surface area contributed by atoms with Gasteiger partial charge in [0.15, 0.2) is 0 Å². The molecule has 0 unspecified atom stereocenters. The Balaban J connectivity index is 1.25. The fraction of sp³-hybridized carbons (Fsp3) is 0.692. The molecule has 1 saturated carbocycles. The van der Waals surface area contributed by atoms with Gasteiger partial charge in [-0.2, -0.15) is 0 Å². The van der Waals surface area contributed by atoms with Crippen molar-refractivity contribution in [3.05, 3.63) is 23.8 Å². The molecule has 3 aliphatic heterocycles. The van der Waals surface area contributed by atoms with E-state index < -0.39 is 6.10 Å². The predicted molar refractivity (Wildman–Crippen MR) is 126 cm³/mol. The first-order chi connectivity index (χ1) is 16.6. The lowest BCUT2D eigenvalue weighted by Crippen LogP contribution is -2.48. The number of ether oxygens (including phenoxy) is 3. The molecule has 3 heterocycles. The van der Waals surface area contributed by atoms with Crippen LogP contribution in [0, 0.1) is 5.92 Å². The topological polar surface area (TPSA) is 106 Å². The Hall–Kier alpha value is -2.16. The average molecular weight is 473 g/mol. The van der Waals surface area contributed by atoms with Crippen LogP contribution in [-0.2, 0) is 19.1 Å². The number of aliphatic hydroxyl groups excluding tert-OH is 1. The van der Waals surface area contributed by atoms with E-state index in [0.29, 0.717) is 19.6 Å². The molecule has 2 amide bonds. The van der Waals surface area contributed by atoms with Gasteiger partial charge in [-0.25, -0.2) is 0 Å². The zero-order valence-corrected chi connectivity index (χ0v) is 19.7. The fourth-order valence-electron chi connectivity index (χ4n) is 5.91. The number of benzene rings is 1. The van der Waals surface area contributed by atoms with Crippen molar-refractivity contribution in [3.8, 4) is 5.75 Å². The molecule has 0 spiro atoms.